The molecule has 0 aliphatic heterocycles. The highest BCUT2D eigenvalue weighted by atomic mass is 35.5. The van der Waals surface area contributed by atoms with Crippen molar-refractivity contribution >= 4 is 29.4 Å². The van der Waals surface area contributed by atoms with Gasteiger partial charge < -0.3 is 10.3 Å². The van der Waals surface area contributed by atoms with Crippen molar-refractivity contribution in [2.24, 2.45) is 7.05 Å². The lowest BCUT2D eigenvalue weighted by Crippen LogP contribution is -1.97. The molecular formula is C16H15ClN4. The van der Waals surface area contributed by atoms with Crippen LogP contribution < -0.4 is 5.73 Å². The Kier molecular flexibility index (Phi) is 4.15. The van der Waals surface area contributed by atoms with Crippen LogP contribution in [-0.2, 0) is 13.5 Å². The quantitative estimate of drug-likeness (QED) is 0.790. The molecule has 0 fully saturated rings. The maximum absolute atomic E-state index is 9.33. The number of benzene rings is 2. The number of hydrogen-bond donors (Lipinski definition) is 1. The Morgan fingerprint density at radius 1 is 1.19 bits per heavy atom. The molecule has 0 aliphatic rings. The molecule has 0 radical (unpaired) electrons. The first-order valence-electron chi connectivity index (χ1n) is 6.38. The zero-order valence-electron chi connectivity index (χ0n) is 11.6. The van der Waals surface area contributed by atoms with Gasteiger partial charge >= 0.3 is 0 Å². The zero-order valence-corrected chi connectivity index (χ0v) is 12.4. The van der Waals surface area contributed by atoms with Crippen LogP contribution in [0.5, 0.6) is 0 Å². The predicted molar refractivity (Wildman–Crippen MR) is 86.3 cm³/mol. The first-order chi connectivity index (χ1) is 9.69. The normalized spacial score (nSPS) is 10.1. The number of nitrogen functional groups attached to an aromatic ring is 1. The van der Waals surface area contributed by atoms with Crippen LogP contribution >= 0.6 is 12.4 Å². The molecule has 3 aromatic rings. The molecule has 0 saturated carbocycles. The molecule has 21 heavy (non-hydrogen) atoms. The van der Waals surface area contributed by atoms with Gasteiger partial charge in [0.2, 0.25) is 5.95 Å². The van der Waals surface area contributed by atoms with Crippen molar-refractivity contribution in [3.8, 4) is 6.07 Å². The van der Waals surface area contributed by atoms with Gasteiger partial charge in [-0.25, -0.2) is 4.98 Å². The summed E-state index contributed by atoms with van der Waals surface area (Å²) in [6.07, 6.45) is 0.780. The van der Waals surface area contributed by atoms with Gasteiger partial charge in [-0.15, -0.1) is 12.4 Å². The number of anilines is 1. The fourth-order valence-electron chi connectivity index (χ4n) is 2.45. The average molecular weight is 299 g/mol. The Morgan fingerprint density at radius 2 is 1.90 bits per heavy atom. The summed E-state index contributed by atoms with van der Waals surface area (Å²) in [6, 6.07) is 16.3. The van der Waals surface area contributed by atoms with Gasteiger partial charge in [-0.1, -0.05) is 30.3 Å². The SMILES string of the molecule is Cl.Cn1c(N)nc2cc(Cc3ccccc3)cc(C#N)c21. The lowest BCUT2D eigenvalue weighted by molar-refractivity contribution is 0.963. The minimum absolute atomic E-state index is 0. The average Bonchev–Trinajstić information content (AvgIpc) is 2.74. The molecule has 5 heteroatoms. The second-order valence-corrected chi connectivity index (χ2v) is 4.81. The Hall–Kier alpha value is -2.51. The number of aryl methyl sites for hydroxylation is 1. The highest BCUT2D eigenvalue weighted by Gasteiger charge is 2.11. The van der Waals surface area contributed by atoms with Crippen LogP contribution in [0.15, 0.2) is 42.5 Å². The second-order valence-electron chi connectivity index (χ2n) is 4.81. The highest BCUT2D eigenvalue weighted by Crippen LogP contribution is 2.23. The number of hydrogen-bond acceptors (Lipinski definition) is 3. The van der Waals surface area contributed by atoms with Gasteiger partial charge in [-0.05, 0) is 29.7 Å². The summed E-state index contributed by atoms with van der Waals surface area (Å²) < 4.78 is 1.75. The van der Waals surface area contributed by atoms with E-state index >= 15 is 0 Å². The van der Waals surface area contributed by atoms with Crippen LogP contribution in [0.2, 0.25) is 0 Å². The van der Waals surface area contributed by atoms with Gasteiger partial charge in [0.15, 0.2) is 0 Å². The first kappa shape index (κ1) is 14.9. The van der Waals surface area contributed by atoms with E-state index in [1.54, 1.807) is 4.57 Å². The van der Waals surface area contributed by atoms with E-state index < -0.39 is 0 Å². The minimum atomic E-state index is 0. The maximum atomic E-state index is 9.33. The number of fused-ring (bicyclic) bond motifs is 1. The first-order valence-corrected chi connectivity index (χ1v) is 6.38. The van der Waals surface area contributed by atoms with Gasteiger partial charge in [-0.3, -0.25) is 0 Å². The van der Waals surface area contributed by atoms with E-state index in [0.29, 0.717) is 11.5 Å². The molecular weight excluding hydrogens is 284 g/mol. The molecule has 0 amide bonds. The smallest absolute Gasteiger partial charge is 0.200 e. The summed E-state index contributed by atoms with van der Waals surface area (Å²) in [6.45, 7) is 0. The lowest BCUT2D eigenvalue weighted by atomic mass is 10.0. The fraction of sp³-hybridized carbons (Fsp3) is 0.125. The van der Waals surface area contributed by atoms with Crippen LogP contribution in [0.3, 0.4) is 0 Å². The minimum Gasteiger partial charge on any atom is -0.369 e. The van der Waals surface area contributed by atoms with E-state index in [0.717, 1.165) is 23.0 Å². The molecule has 1 heterocycles. The van der Waals surface area contributed by atoms with Crippen LogP contribution in [0.1, 0.15) is 16.7 Å². The Labute approximate surface area is 129 Å². The van der Waals surface area contributed by atoms with Crippen LogP contribution in [0.25, 0.3) is 11.0 Å². The molecule has 2 N–H and O–H groups in total. The van der Waals surface area contributed by atoms with E-state index in [4.69, 9.17) is 5.73 Å². The highest BCUT2D eigenvalue weighted by molar-refractivity contribution is 5.85. The monoisotopic (exact) mass is 298 g/mol. The van der Waals surface area contributed by atoms with Crippen molar-refractivity contribution in [1.29, 1.82) is 5.26 Å². The molecule has 0 saturated heterocycles. The summed E-state index contributed by atoms with van der Waals surface area (Å²) in [5.41, 5.74) is 10.3. The van der Waals surface area contributed by atoms with Crippen molar-refractivity contribution in [2.45, 2.75) is 6.42 Å². The summed E-state index contributed by atoms with van der Waals surface area (Å²) >= 11 is 0. The largest absolute Gasteiger partial charge is 0.369 e. The van der Waals surface area contributed by atoms with Crippen LogP contribution in [-0.4, -0.2) is 9.55 Å². The number of nitrogens with zero attached hydrogens (tertiary/aromatic N) is 3. The molecule has 0 atom stereocenters. The van der Waals surface area contributed by atoms with E-state index in [-0.39, 0.29) is 12.4 Å². The van der Waals surface area contributed by atoms with Gasteiger partial charge in [0.1, 0.15) is 6.07 Å². The van der Waals surface area contributed by atoms with Crippen LogP contribution in [0, 0.1) is 11.3 Å². The molecule has 106 valence electrons. The summed E-state index contributed by atoms with van der Waals surface area (Å²) in [5, 5.41) is 9.33. The molecule has 0 aliphatic carbocycles. The van der Waals surface area contributed by atoms with E-state index in [1.165, 1.54) is 5.56 Å². The third-order valence-corrected chi connectivity index (χ3v) is 3.44. The van der Waals surface area contributed by atoms with Crippen molar-refractivity contribution in [3.05, 3.63) is 59.2 Å². The molecule has 2 aromatic carbocycles. The second kappa shape index (κ2) is 5.86. The van der Waals surface area contributed by atoms with Gasteiger partial charge in [0, 0.05) is 7.05 Å². The molecule has 0 unspecified atom stereocenters. The third kappa shape index (κ3) is 2.69. The van der Waals surface area contributed by atoms with Crippen molar-refractivity contribution in [2.75, 3.05) is 5.73 Å². The number of nitrogens with two attached hydrogens (primary N) is 1. The van der Waals surface area contributed by atoms with Crippen molar-refractivity contribution in [3.63, 3.8) is 0 Å². The Bertz CT molecular complexity index is 816. The van der Waals surface area contributed by atoms with E-state index in [1.807, 2.05) is 37.4 Å². The predicted octanol–water partition coefficient (Wildman–Crippen LogP) is 3.04. The van der Waals surface area contributed by atoms with Gasteiger partial charge in [0.25, 0.3) is 0 Å². The summed E-state index contributed by atoms with van der Waals surface area (Å²) in [4.78, 5) is 4.31. The number of imidazole rings is 1. The standard InChI is InChI=1S/C16H14N4.ClH/c1-20-15-13(10-17)8-12(9-14(15)19-16(20)18)7-11-5-3-2-4-6-11;/h2-6,8-9H,7H2,1H3,(H2,18,19);1H. The summed E-state index contributed by atoms with van der Waals surface area (Å²) in [5.74, 6) is 0.424. The van der Waals surface area contributed by atoms with Crippen molar-refractivity contribution < 1.29 is 0 Å². The number of nitriles is 1. The number of aromatic nitrogens is 2. The van der Waals surface area contributed by atoms with Gasteiger partial charge in [-0.2, -0.15) is 5.26 Å². The van der Waals surface area contributed by atoms with E-state index in [9.17, 15) is 5.26 Å². The van der Waals surface area contributed by atoms with Crippen LogP contribution in [0.4, 0.5) is 5.95 Å². The zero-order chi connectivity index (χ0) is 14.1. The summed E-state index contributed by atoms with van der Waals surface area (Å²) in [7, 11) is 1.82. The van der Waals surface area contributed by atoms with Gasteiger partial charge in [0.05, 0.1) is 16.6 Å². The number of rotatable bonds is 2. The maximum Gasteiger partial charge on any atom is 0.200 e. The molecule has 4 nitrogen and oxygen atoms in total. The van der Waals surface area contributed by atoms with E-state index in [2.05, 4.69) is 23.2 Å². The number of halogens is 1. The molecule has 3 rings (SSSR count). The third-order valence-electron chi connectivity index (χ3n) is 3.44. The molecule has 0 bridgehead atoms. The lowest BCUT2D eigenvalue weighted by Gasteiger charge is -2.04. The molecule has 0 spiro atoms. The molecule has 1 aromatic heterocycles. The van der Waals surface area contributed by atoms with Crippen molar-refractivity contribution in [1.82, 2.24) is 9.55 Å². The Balaban J connectivity index is 0.00000161. The fourth-order valence-corrected chi connectivity index (χ4v) is 2.45. The Morgan fingerprint density at radius 3 is 2.57 bits per heavy atom. The topological polar surface area (TPSA) is 67.6 Å².